The van der Waals surface area contributed by atoms with Crippen molar-refractivity contribution in [1.82, 2.24) is 14.9 Å². The number of nitrogens with two attached hydrogens (primary N) is 1. The maximum atomic E-state index is 10.5. The third kappa shape index (κ3) is 2.71. The number of aliphatic hydroxyl groups excluding tert-OH is 1. The molecule has 4 N–H and O–H groups in total. The van der Waals surface area contributed by atoms with E-state index in [1.54, 1.807) is 12.7 Å². The molecule has 2 aliphatic rings. The molecule has 1 aromatic heterocycles. The predicted molar refractivity (Wildman–Crippen MR) is 89.5 cm³/mol. The molecule has 0 amide bonds. The number of nitrogens with one attached hydrogen (secondary N) is 1. The fourth-order valence-corrected chi connectivity index (χ4v) is 3.33. The van der Waals surface area contributed by atoms with Crippen LogP contribution in [0.4, 0.5) is 5.82 Å². The molecule has 1 aliphatic heterocycles. The van der Waals surface area contributed by atoms with E-state index < -0.39 is 6.10 Å². The van der Waals surface area contributed by atoms with Gasteiger partial charge in [0.05, 0.1) is 43.7 Å². The molecule has 2 aromatic rings. The van der Waals surface area contributed by atoms with Gasteiger partial charge in [0.15, 0.2) is 5.82 Å². The first-order valence-electron chi connectivity index (χ1n) is 8.14. The lowest BCUT2D eigenvalue weighted by Gasteiger charge is -2.48. The molecule has 0 saturated heterocycles. The number of imidazole rings is 1. The van der Waals surface area contributed by atoms with Crippen LogP contribution in [0, 0.1) is 5.92 Å². The van der Waals surface area contributed by atoms with Crippen LogP contribution < -0.4 is 5.73 Å². The van der Waals surface area contributed by atoms with Gasteiger partial charge in [-0.25, -0.2) is 9.98 Å². The number of aliphatic imine (C=N–C) groups is 1. The Morgan fingerprint density at radius 1 is 1.33 bits per heavy atom. The number of hydrogen-bond acceptors (Lipinski definition) is 6. The zero-order valence-electron chi connectivity index (χ0n) is 13.2. The molecule has 1 aliphatic carbocycles. The lowest BCUT2D eigenvalue weighted by Crippen LogP contribution is -2.59. The summed E-state index contributed by atoms with van der Waals surface area (Å²) in [5, 5.41) is 10.5. The second kappa shape index (κ2) is 6.35. The van der Waals surface area contributed by atoms with Crippen LogP contribution in [0.15, 0.2) is 41.7 Å². The van der Waals surface area contributed by atoms with E-state index in [0.29, 0.717) is 19.0 Å². The van der Waals surface area contributed by atoms with Crippen LogP contribution in [0.5, 0.6) is 0 Å². The Labute approximate surface area is 140 Å². The highest BCUT2D eigenvalue weighted by Gasteiger charge is 2.45. The third-order valence-electron chi connectivity index (χ3n) is 4.83. The number of fused-ring (bicyclic) bond motifs is 1. The average molecular weight is 327 g/mol. The van der Waals surface area contributed by atoms with Crippen LogP contribution in [0.2, 0.25) is 0 Å². The summed E-state index contributed by atoms with van der Waals surface area (Å²) >= 11 is 0. The van der Waals surface area contributed by atoms with E-state index in [4.69, 9.17) is 10.5 Å². The number of H-pyrrole nitrogens is 1. The SMILES string of the molecule is NC1c2[nH]cnc2N=CN1C1CC(COCc2ccccc2)C1O. The van der Waals surface area contributed by atoms with Crippen LogP contribution in [-0.4, -0.2) is 45.1 Å². The molecule has 7 nitrogen and oxygen atoms in total. The Hall–Kier alpha value is -2.22. The van der Waals surface area contributed by atoms with Gasteiger partial charge in [-0.2, -0.15) is 0 Å². The Morgan fingerprint density at radius 2 is 2.17 bits per heavy atom. The third-order valence-corrected chi connectivity index (χ3v) is 4.83. The van der Waals surface area contributed by atoms with E-state index in [0.717, 1.165) is 17.7 Å². The molecule has 4 unspecified atom stereocenters. The fraction of sp³-hybridized carbons (Fsp3) is 0.412. The number of ether oxygens (including phenoxy) is 1. The highest BCUT2D eigenvalue weighted by molar-refractivity contribution is 5.65. The first-order chi connectivity index (χ1) is 11.7. The minimum atomic E-state index is -0.470. The number of aliphatic hydroxyl groups is 1. The molecule has 1 saturated carbocycles. The van der Waals surface area contributed by atoms with Crippen LogP contribution in [0.1, 0.15) is 23.8 Å². The van der Waals surface area contributed by atoms with Gasteiger partial charge < -0.3 is 25.5 Å². The number of benzene rings is 1. The van der Waals surface area contributed by atoms with E-state index in [1.165, 1.54) is 0 Å². The number of aromatic nitrogens is 2. The van der Waals surface area contributed by atoms with Gasteiger partial charge in [-0.1, -0.05) is 30.3 Å². The van der Waals surface area contributed by atoms with Crippen LogP contribution >= 0.6 is 0 Å². The van der Waals surface area contributed by atoms with Gasteiger partial charge in [0.25, 0.3) is 0 Å². The minimum Gasteiger partial charge on any atom is -0.391 e. The summed E-state index contributed by atoms with van der Waals surface area (Å²) in [6.45, 7) is 1.11. The molecule has 4 rings (SSSR count). The smallest absolute Gasteiger partial charge is 0.178 e. The molecule has 0 radical (unpaired) electrons. The molecule has 1 aromatic carbocycles. The predicted octanol–water partition coefficient (Wildman–Crippen LogP) is 1.31. The van der Waals surface area contributed by atoms with Crippen molar-refractivity contribution in [3.8, 4) is 0 Å². The molecule has 4 atom stereocenters. The maximum Gasteiger partial charge on any atom is 0.178 e. The van der Waals surface area contributed by atoms with Gasteiger partial charge in [0.1, 0.15) is 6.17 Å². The van der Waals surface area contributed by atoms with Gasteiger partial charge in [0, 0.05) is 5.92 Å². The van der Waals surface area contributed by atoms with Gasteiger partial charge in [0.2, 0.25) is 0 Å². The van der Waals surface area contributed by atoms with Crippen molar-refractivity contribution in [2.45, 2.75) is 31.3 Å². The second-order valence-corrected chi connectivity index (χ2v) is 6.33. The number of nitrogens with zero attached hydrogens (tertiary/aromatic N) is 3. The van der Waals surface area contributed by atoms with Gasteiger partial charge in [-0.3, -0.25) is 0 Å². The van der Waals surface area contributed by atoms with Crippen molar-refractivity contribution in [1.29, 1.82) is 0 Å². The average Bonchev–Trinajstić information content (AvgIpc) is 3.09. The Morgan fingerprint density at radius 3 is 2.96 bits per heavy atom. The highest BCUT2D eigenvalue weighted by Crippen LogP contribution is 2.37. The van der Waals surface area contributed by atoms with E-state index in [1.807, 2.05) is 35.2 Å². The molecule has 2 heterocycles. The second-order valence-electron chi connectivity index (χ2n) is 6.33. The van der Waals surface area contributed by atoms with Crippen LogP contribution in [-0.2, 0) is 11.3 Å². The maximum absolute atomic E-state index is 10.5. The summed E-state index contributed by atoms with van der Waals surface area (Å²) < 4.78 is 5.74. The summed E-state index contributed by atoms with van der Waals surface area (Å²) in [6.07, 6.45) is 3.28. The molecule has 7 heteroatoms. The number of aromatic amines is 1. The molecular formula is C17H21N5O2. The van der Waals surface area contributed by atoms with Crippen molar-refractivity contribution in [3.05, 3.63) is 47.9 Å². The van der Waals surface area contributed by atoms with Crippen molar-refractivity contribution >= 4 is 12.2 Å². The molecule has 0 spiro atoms. The summed E-state index contributed by atoms with van der Waals surface area (Å²) in [5.74, 6) is 0.748. The zero-order valence-corrected chi connectivity index (χ0v) is 13.2. The van der Waals surface area contributed by atoms with Gasteiger partial charge in [-0.15, -0.1) is 0 Å². The van der Waals surface area contributed by atoms with E-state index in [9.17, 15) is 5.11 Å². The van der Waals surface area contributed by atoms with Crippen LogP contribution in [0.25, 0.3) is 0 Å². The number of rotatable bonds is 5. The monoisotopic (exact) mass is 327 g/mol. The Bertz CT molecular complexity index is 717. The van der Waals surface area contributed by atoms with Crippen molar-refractivity contribution < 1.29 is 9.84 Å². The van der Waals surface area contributed by atoms with Crippen molar-refractivity contribution in [3.63, 3.8) is 0 Å². The largest absolute Gasteiger partial charge is 0.391 e. The van der Waals surface area contributed by atoms with E-state index >= 15 is 0 Å². The molecule has 126 valence electrons. The van der Waals surface area contributed by atoms with Crippen LogP contribution in [0.3, 0.4) is 0 Å². The molecular weight excluding hydrogens is 306 g/mol. The van der Waals surface area contributed by atoms with Gasteiger partial charge in [-0.05, 0) is 12.0 Å². The first-order valence-corrected chi connectivity index (χ1v) is 8.14. The van der Waals surface area contributed by atoms with Gasteiger partial charge >= 0.3 is 0 Å². The molecule has 0 bridgehead atoms. The van der Waals surface area contributed by atoms with E-state index in [-0.39, 0.29) is 18.1 Å². The lowest BCUT2D eigenvalue weighted by molar-refractivity contribution is -0.0925. The summed E-state index contributed by atoms with van der Waals surface area (Å²) in [6, 6.07) is 10.0. The van der Waals surface area contributed by atoms with E-state index in [2.05, 4.69) is 15.0 Å². The lowest BCUT2D eigenvalue weighted by atomic mass is 9.76. The van der Waals surface area contributed by atoms with Crippen molar-refractivity contribution in [2.75, 3.05) is 6.61 Å². The topological polar surface area (TPSA) is 99.8 Å². The molecule has 1 fully saturated rings. The highest BCUT2D eigenvalue weighted by atomic mass is 16.5. The Balaban J connectivity index is 1.30. The summed E-state index contributed by atoms with van der Waals surface area (Å²) in [4.78, 5) is 13.3. The Kier molecular flexibility index (Phi) is 4.05. The minimum absolute atomic E-state index is 0.0366. The normalized spacial score (nSPS) is 28.5. The molecule has 24 heavy (non-hydrogen) atoms. The number of hydrogen-bond donors (Lipinski definition) is 3. The van der Waals surface area contributed by atoms with Crippen molar-refractivity contribution in [2.24, 2.45) is 16.6 Å². The summed E-state index contributed by atoms with van der Waals surface area (Å²) in [5.41, 5.74) is 8.17. The standard InChI is InChI=1S/C17H21N5O2/c18-16-14-17(20-9-19-14)21-10-22(16)13-6-12(15(13)23)8-24-7-11-4-2-1-3-5-11/h1-5,9-10,12-13,15-16,23H,6-8,18H2,(H,19,20). The quantitative estimate of drug-likeness (QED) is 0.769. The summed E-state index contributed by atoms with van der Waals surface area (Å²) in [7, 11) is 0. The fourth-order valence-electron chi connectivity index (χ4n) is 3.33. The first kappa shape index (κ1) is 15.3. The zero-order chi connectivity index (χ0) is 16.5.